The van der Waals surface area contributed by atoms with Gasteiger partial charge < -0.3 is 16.0 Å². The summed E-state index contributed by atoms with van der Waals surface area (Å²) in [5.74, 6) is 0.970. The van der Waals surface area contributed by atoms with Crippen molar-refractivity contribution in [2.45, 2.75) is 6.17 Å². The lowest BCUT2D eigenvalue weighted by Crippen LogP contribution is -2.56. The molecule has 9 heteroatoms. The molecule has 4 aliphatic rings. The smallest absolute Gasteiger partial charge is 0.190 e. The maximum Gasteiger partial charge on any atom is 0.190 e. The van der Waals surface area contributed by atoms with Crippen LogP contribution in [0.25, 0.3) is 0 Å². The van der Waals surface area contributed by atoms with Crippen LogP contribution in [0.1, 0.15) is 0 Å². The molecule has 24 heavy (non-hydrogen) atoms. The molecule has 0 spiro atoms. The van der Waals surface area contributed by atoms with Crippen LogP contribution in [0.15, 0.2) is 51.1 Å². The summed E-state index contributed by atoms with van der Waals surface area (Å²) in [7, 11) is 0. The molecule has 1 fully saturated rings. The van der Waals surface area contributed by atoms with E-state index in [0.717, 1.165) is 48.9 Å². The monoisotopic (exact) mass is 325 g/mol. The Morgan fingerprint density at radius 2 is 1.96 bits per heavy atom. The van der Waals surface area contributed by atoms with Gasteiger partial charge in [0, 0.05) is 32.4 Å². The Bertz CT molecular complexity index is 734. The lowest BCUT2D eigenvalue weighted by molar-refractivity contribution is -0.0454. The average Bonchev–Trinajstić information content (AvgIpc) is 3.02. The number of aliphatic imine (C=N–C) groups is 1. The molecule has 1 saturated heterocycles. The van der Waals surface area contributed by atoms with Crippen LogP contribution in [0.3, 0.4) is 0 Å². The highest BCUT2D eigenvalue weighted by Gasteiger charge is 2.42. The number of fused-ring (bicyclic) bond motifs is 4. The standard InChI is InChI=1S/C15H19N9/c1-2-4-13-12(3-1)19-14-11(9-17-10-18-14)15-23(13)20-21-24(15)22-7-5-16-6-8-22/h1-4,9,15-16,18-19H,5-8,10H2. The van der Waals surface area contributed by atoms with E-state index in [1.807, 2.05) is 28.5 Å². The maximum atomic E-state index is 4.47. The van der Waals surface area contributed by atoms with Gasteiger partial charge in [0.1, 0.15) is 12.5 Å². The molecule has 9 nitrogen and oxygen atoms in total. The van der Waals surface area contributed by atoms with Crippen LogP contribution < -0.4 is 21.0 Å². The minimum absolute atomic E-state index is 0.134. The molecule has 0 radical (unpaired) electrons. The molecular weight excluding hydrogens is 306 g/mol. The van der Waals surface area contributed by atoms with Crippen molar-refractivity contribution in [3.8, 4) is 0 Å². The summed E-state index contributed by atoms with van der Waals surface area (Å²) < 4.78 is 0. The van der Waals surface area contributed by atoms with Gasteiger partial charge in [0.05, 0.1) is 16.9 Å². The Labute approximate surface area is 139 Å². The highest BCUT2D eigenvalue weighted by Crippen LogP contribution is 2.38. The van der Waals surface area contributed by atoms with Gasteiger partial charge in [-0.05, 0) is 22.6 Å². The van der Waals surface area contributed by atoms with Gasteiger partial charge in [0.2, 0.25) is 0 Å². The Balaban J connectivity index is 1.60. The van der Waals surface area contributed by atoms with Crippen LogP contribution in [-0.4, -0.2) is 55.4 Å². The highest BCUT2D eigenvalue weighted by atomic mass is 15.9. The van der Waals surface area contributed by atoms with Gasteiger partial charge in [-0.15, -0.1) is 0 Å². The average molecular weight is 325 g/mol. The third-order valence-corrected chi connectivity index (χ3v) is 4.62. The summed E-state index contributed by atoms with van der Waals surface area (Å²) >= 11 is 0. The number of anilines is 2. The number of hydrazine groups is 1. The molecule has 0 saturated carbocycles. The number of hydrogen-bond acceptors (Lipinski definition) is 9. The first kappa shape index (κ1) is 13.8. The molecule has 1 unspecified atom stereocenters. The molecule has 1 atom stereocenters. The van der Waals surface area contributed by atoms with Gasteiger partial charge in [0.25, 0.3) is 0 Å². The van der Waals surface area contributed by atoms with Gasteiger partial charge >= 0.3 is 0 Å². The van der Waals surface area contributed by atoms with Gasteiger partial charge in [-0.3, -0.25) is 4.99 Å². The van der Waals surface area contributed by atoms with E-state index >= 15 is 0 Å². The molecule has 124 valence electrons. The zero-order valence-corrected chi connectivity index (χ0v) is 13.2. The van der Waals surface area contributed by atoms with E-state index in [1.165, 1.54) is 0 Å². The van der Waals surface area contributed by atoms with Crippen molar-refractivity contribution < 1.29 is 0 Å². The first-order chi connectivity index (χ1) is 11.9. The second kappa shape index (κ2) is 5.46. The fourth-order valence-corrected chi connectivity index (χ4v) is 3.45. The van der Waals surface area contributed by atoms with Crippen molar-refractivity contribution in [3.63, 3.8) is 0 Å². The van der Waals surface area contributed by atoms with E-state index in [9.17, 15) is 0 Å². The number of nitrogens with zero attached hydrogens (tertiary/aromatic N) is 6. The van der Waals surface area contributed by atoms with Crippen LogP contribution in [0.2, 0.25) is 0 Å². The summed E-state index contributed by atoms with van der Waals surface area (Å²) in [5, 5.41) is 25.3. The van der Waals surface area contributed by atoms with Crippen LogP contribution >= 0.6 is 0 Å². The summed E-state index contributed by atoms with van der Waals surface area (Å²) in [6.07, 6.45) is 1.79. The van der Waals surface area contributed by atoms with Crippen molar-refractivity contribution in [2.75, 3.05) is 43.2 Å². The number of nitrogens with one attached hydrogen (secondary N) is 3. The lowest BCUT2D eigenvalue weighted by atomic mass is 10.2. The molecule has 1 aromatic rings. The third-order valence-electron chi connectivity index (χ3n) is 4.62. The van der Waals surface area contributed by atoms with E-state index in [-0.39, 0.29) is 6.17 Å². The van der Waals surface area contributed by atoms with E-state index in [1.54, 1.807) is 0 Å². The number of hydrogen-bond donors (Lipinski definition) is 3. The van der Waals surface area contributed by atoms with Crippen molar-refractivity contribution >= 4 is 17.6 Å². The number of piperazine rings is 1. The maximum absolute atomic E-state index is 4.47. The Morgan fingerprint density at radius 1 is 1.08 bits per heavy atom. The minimum atomic E-state index is -0.134. The molecular formula is C15H19N9. The molecule has 3 N–H and O–H groups in total. The summed E-state index contributed by atoms with van der Waals surface area (Å²) in [5.41, 5.74) is 3.06. The number of benzene rings is 1. The first-order valence-corrected chi connectivity index (χ1v) is 8.21. The van der Waals surface area contributed by atoms with Crippen molar-refractivity contribution in [3.05, 3.63) is 35.7 Å². The van der Waals surface area contributed by atoms with Crippen LogP contribution in [0.5, 0.6) is 0 Å². The normalized spacial score (nSPS) is 25.6. The van der Waals surface area contributed by atoms with Crippen LogP contribution in [0.4, 0.5) is 11.4 Å². The fraction of sp³-hybridized carbons (Fsp3) is 0.400. The minimum Gasteiger partial charge on any atom is -0.352 e. The quantitative estimate of drug-likeness (QED) is 0.698. The predicted molar refractivity (Wildman–Crippen MR) is 91.0 cm³/mol. The molecule has 0 aromatic heterocycles. The molecule has 4 aliphatic heterocycles. The van der Waals surface area contributed by atoms with Crippen molar-refractivity contribution in [1.29, 1.82) is 0 Å². The summed E-state index contributed by atoms with van der Waals surface area (Å²) in [6.45, 7) is 4.29. The number of para-hydroxylation sites is 2. The molecule has 0 aliphatic carbocycles. The number of rotatable bonds is 1. The SMILES string of the molecule is C1=NCNC2=C1C1N(N=NN1N1CCNCC1)c1ccccc1N2. The molecule has 0 bridgehead atoms. The fourth-order valence-electron chi connectivity index (χ4n) is 3.45. The molecule has 0 amide bonds. The second-order valence-corrected chi connectivity index (χ2v) is 6.04. The van der Waals surface area contributed by atoms with Gasteiger partial charge in [-0.1, -0.05) is 12.1 Å². The summed E-state index contributed by atoms with van der Waals surface area (Å²) in [4.78, 5) is 4.40. The molecule has 5 rings (SSSR count). The zero-order chi connectivity index (χ0) is 15.9. The molecule has 1 aromatic carbocycles. The zero-order valence-electron chi connectivity index (χ0n) is 13.2. The van der Waals surface area contributed by atoms with E-state index in [4.69, 9.17) is 0 Å². The van der Waals surface area contributed by atoms with E-state index in [0.29, 0.717) is 6.67 Å². The van der Waals surface area contributed by atoms with Gasteiger partial charge in [-0.2, -0.15) is 10.1 Å². The van der Waals surface area contributed by atoms with Gasteiger partial charge in [-0.25, -0.2) is 5.01 Å². The van der Waals surface area contributed by atoms with E-state index < -0.39 is 0 Å². The molecule has 4 heterocycles. The largest absolute Gasteiger partial charge is 0.352 e. The topological polar surface area (TPSA) is 82.9 Å². The predicted octanol–water partition coefficient (Wildman–Crippen LogP) is 0.506. The third kappa shape index (κ3) is 2.05. The van der Waals surface area contributed by atoms with Crippen molar-refractivity contribution in [1.82, 2.24) is 20.8 Å². The van der Waals surface area contributed by atoms with Crippen LogP contribution in [0, 0.1) is 0 Å². The van der Waals surface area contributed by atoms with Crippen LogP contribution in [-0.2, 0) is 0 Å². The lowest BCUT2D eigenvalue weighted by Gasteiger charge is -2.38. The highest BCUT2D eigenvalue weighted by molar-refractivity contribution is 5.87. The van der Waals surface area contributed by atoms with Gasteiger partial charge in [0.15, 0.2) is 6.17 Å². The second-order valence-electron chi connectivity index (χ2n) is 6.04. The summed E-state index contributed by atoms with van der Waals surface area (Å²) in [6, 6.07) is 8.15. The van der Waals surface area contributed by atoms with Crippen molar-refractivity contribution in [2.24, 2.45) is 15.4 Å². The Hall–Kier alpha value is -2.65. The Kier molecular flexibility index (Phi) is 3.13. The van der Waals surface area contributed by atoms with E-state index in [2.05, 4.69) is 48.5 Å². The Morgan fingerprint density at radius 3 is 2.88 bits per heavy atom. The first-order valence-electron chi connectivity index (χ1n) is 8.21.